The first-order chi connectivity index (χ1) is 6.74. The van der Waals surface area contributed by atoms with Gasteiger partial charge in [0.1, 0.15) is 0 Å². The number of carbonyl (C=O) groups is 1. The number of nitrogens with zero attached hydrogens (tertiary/aromatic N) is 1. The molecule has 1 aromatic heterocycles. The SMILES string of the molecule is CCNC(=O)CNCc1nc[nH]c1C. The van der Waals surface area contributed by atoms with Crippen LogP contribution in [0.4, 0.5) is 0 Å². The van der Waals surface area contributed by atoms with Crippen molar-refractivity contribution in [2.24, 2.45) is 0 Å². The number of hydrogen-bond donors (Lipinski definition) is 3. The van der Waals surface area contributed by atoms with E-state index >= 15 is 0 Å². The van der Waals surface area contributed by atoms with Crippen LogP contribution in [-0.4, -0.2) is 29.0 Å². The lowest BCUT2D eigenvalue weighted by Gasteiger charge is -2.03. The van der Waals surface area contributed by atoms with Crippen LogP contribution in [0.25, 0.3) is 0 Å². The minimum Gasteiger partial charge on any atom is -0.355 e. The Hall–Kier alpha value is -1.36. The normalized spacial score (nSPS) is 10.1. The second-order valence-corrected chi connectivity index (χ2v) is 3.03. The molecule has 0 unspecified atom stereocenters. The fourth-order valence-corrected chi connectivity index (χ4v) is 1.12. The van der Waals surface area contributed by atoms with Crippen LogP contribution in [-0.2, 0) is 11.3 Å². The van der Waals surface area contributed by atoms with Gasteiger partial charge in [-0.25, -0.2) is 4.98 Å². The van der Waals surface area contributed by atoms with E-state index in [1.807, 2.05) is 13.8 Å². The number of aryl methyl sites for hydroxylation is 1. The van der Waals surface area contributed by atoms with E-state index in [2.05, 4.69) is 20.6 Å². The third-order valence-electron chi connectivity index (χ3n) is 1.89. The molecule has 5 heteroatoms. The lowest BCUT2D eigenvalue weighted by Crippen LogP contribution is -2.33. The van der Waals surface area contributed by atoms with E-state index in [9.17, 15) is 4.79 Å². The van der Waals surface area contributed by atoms with Crippen LogP contribution in [0.3, 0.4) is 0 Å². The highest BCUT2D eigenvalue weighted by Gasteiger charge is 2.02. The number of rotatable bonds is 5. The number of likely N-dealkylation sites (N-methyl/N-ethyl adjacent to an activating group) is 1. The zero-order valence-electron chi connectivity index (χ0n) is 8.55. The standard InChI is InChI=1S/C9H16N4O/c1-3-11-9(14)5-10-4-8-7(2)12-6-13-8/h6,10H,3-5H2,1-2H3,(H,11,14)(H,12,13). The molecule has 1 amide bonds. The summed E-state index contributed by atoms with van der Waals surface area (Å²) in [5, 5.41) is 5.73. The van der Waals surface area contributed by atoms with Crippen molar-refractivity contribution >= 4 is 5.91 Å². The number of imidazole rings is 1. The summed E-state index contributed by atoms with van der Waals surface area (Å²) in [6.07, 6.45) is 1.65. The summed E-state index contributed by atoms with van der Waals surface area (Å²) < 4.78 is 0. The first-order valence-corrected chi connectivity index (χ1v) is 4.70. The molecule has 0 spiro atoms. The van der Waals surface area contributed by atoms with E-state index in [4.69, 9.17) is 0 Å². The van der Waals surface area contributed by atoms with E-state index in [0.717, 1.165) is 11.4 Å². The van der Waals surface area contributed by atoms with Crippen LogP contribution in [0, 0.1) is 6.92 Å². The summed E-state index contributed by atoms with van der Waals surface area (Å²) in [6.45, 7) is 5.47. The van der Waals surface area contributed by atoms with Crippen LogP contribution in [0.2, 0.25) is 0 Å². The molecule has 0 saturated carbocycles. The molecule has 0 radical (unpaired) electrons. The molecule has 0 atom stereocenters. The van der Waals surface area contributed by atoms with Crippen LogP contribution < -0.4 is 10.6 Å². The lowest BCUT2D eigenvalue weighted by molar-refractivity contribution is -0.120. The third-order valence-corrected chi connectivity index (χ3v) is 1.89. The molecule has 1 aromatic rings. The smallest absolute Gasteiger partial charge is 0.233 e. The summed E-state index contributed by atoms with van der Waals surface area (Å²) in [6, 6.07) is 0. The maximum absolute atomic E-state index is 11.1. The average Bonchev–Trinajstić information content (AvgIpc) is 2.52. The van der Waals surface area contributed by atoms with Gasteiger partial charge in [-0.15, -0.1) is 0 Å². The molecule has 3 N–H and O–H groups in total. The molecule has 0 aliphatic rings. The second kappa shape index (κ2) is 5.39. The van der Waals surface area contributed by atoms with Crippen molar-refractivity contribution in [2.75, 3.05) is 13.1 Å². The second-order valence-electron chi connectivity index (χ2n) is 3.03. The Morgan fingerprint density at radius 2 is 2.43 bits per heavy atom. The zero-order valence-corrected chi connectivity index (χ0v) is 8.55. The van der Waals surface area contributed by atoms with Gasteiger partial charge < -0.3 is 15.6 Å². The van der Waals surface area contributed by atoms with Crippen LogP contribution in [0.15, 0.2) is 6.33 Å². The largest absolute Gasteiger partial charge is 0.355 e. The zero-order chi connectivity index (χ0) is 10.4. The van der Waals surface area contributed by atoms with Gasteiger partial charge in [0.2, 0.25) is 5.91 Å². The molecular weight excluding hydrogens is 180 g/mol. The molecule has 1 rings (SSSR count). The molecule has 5 nitrogen and oxygen atoms in total. The van der Waals surface area contributed by atoms with Gasteiger partial charge in [-0.2, -0.15) is 0 Å². The maximum atomic E-state index is 11.1. The van der Waals surface area contributed by atoms with Crippen LogP contribution in [0.5, 0.6) is 0 Å². The van der Waals surface area contributed by atoms with Crippen molar-refractivity contribution < 1.29 is 4.79 Å². The van der Waals surface area contributed by atoms with Crippen molar-refractivity contribution in [3.05, 3.63) is 17.7 Å². The van der Waals surface area contributed by atoms with Gasteiger partial charge >= 0.3 is 0 Å². The van der Waals surface area contributed by atoms with E-state index < -0.39 is 0 Å². The number of aromatic nitrogens is 2. The van der Waals surface area contributed by atoms with Gasteiger partial charge in [0.15, 0.2) is 0 Å². The van der Waals surface area contributed by atoms with E-state index in [-0.39, 0.29) is 5.91 Å². The van der Waals surface area contributed by atoms with Gasteiger partial charge in [-0.1, -0.05) is 0 Å². The summed E-state index contributed by atoms with van der Waals surface area (Å²) in [7, 11) is 0. The summed E-state index contributed by atoms with van der Waals surface area (Å²) >= 11 is 0. The van der Waals surface area contributed by atoms with Gasteiger partial charge in [-0.3, -0.25) is 4.79 Å². The maximum Gasteiger partial charge on any atom is 0.233 e. The van der Waals surface area contributed by atoms with E-state index in [0.29, 0.717) is 19.6 Å². The quantitative estimate of drug-likeness (QED) is 0.618. The monoisotopic (exact) mass is 196 g/mol. The molecule has 78 valence electrons. The first-order valence-electron chi connectivity index (χ1n) is 4.70. The molecule has 0 saturated heterocycles. The first kappa shape index (κ1) is 10.7. The Balaban J connectivity index is 2.22. The minimum absolute atomic E-state index is 0.0145. The molecular formula is C9H16N4O. The predicted octanol–water partition coefficient (Wildman–Crippen LogP) is -0.0562. The van der Waals surface area contributed by atoms with Crippen LogP contribution in [0.1, 0.15) is 18.3 Å². The number of aromatic amines is 1. The van der Waals surface area contributed by atoms with E-state index in [1.54, 1.807) is 6.33 Å². The fourth-order valence-electron chi connectivity index (χ4n) is 1.12. The topological polar surface area (TPSA) is 69.8 Å². The number of carbonyl (C=O) groups excluding carboxylic acids is 1. The Kier molecular flexibility index (Phi) is 4.12. The number of nitrogens with one attached hydrogen (secondary N) is 3. The Bertz CT molecular complexity index is 295. The average molecular weight is 196 g/mol. The van der Waals surface area contributed by atoms with Gasteiger partial charge in [0.05, 0.1) is 18.6 Å². The fraction of sp³-hybridized carbons (Fsp3) is 0.556. The van der Waals surface area contributed by atoms with Gasteiger partial charge in [-0.05, 0) is 13.8 Å². The van der Waals surface area contributed by atoms with Crippen molar-refractivity contribution in [1.29, 1.82) is 0 Å². The number of amides is 1. The summed E-state index contributed by atoms with van der Waals surface area (Å²) in [5.74, 6) is 0.0145. The lowest BCUT2D eigenvalue weighted by atomic mass is 10.3. The summed E-state index contributed by atoms with van der Waals surface area (Å²) in [4.78, 5) is 18.1. The van der Waals surface area contributed by atoms with Crippen molar-refractivity contribution in [3.63, 3.8) is 0 Å². The van der Waals surface area contributed by atoms with E-state index in [1.165, 1.54) is 0 Å². The van der Waals surface area contributed by atoms with Crippen molar-refractivity contribution in [2.45, 2.75) is 20.4 Å². The predicted molar refractivity (Wildman–Crippen MR) is 53.7 cm³/mol. The molecule has 0 aliphatic heterocycles. The Morgan fingerprint density at radius 1 is 1.64 bits per heavy atom. The molecule has 14 heavy (non-hydrogen) atoms. The minimum atomic E-state index is 0.0145. The highest BCUT2D eigenvalue weighted by molar-refractivity contribution is 5.77. The van der Waals surface area contributed by atoms with Gasteiger partial charge in [0.25, 0.3) is 0 Å². The molecule has 1 heterocycles. The van der Waals surface area contributed by atoms with Crippen molar-refractivity contribution in [3.8, 4) is 0 Å². The van der Waals surface area contributed by atoms with Crippen LogP contribution >= 0.6 is 0 Å². The molecule has 0 fully saturated rings. The third kappa shape index (κ3) is 3.18. The highest BCUT2D eigenvalue weighted by Crippen LogP contribution is 1.98. The molecule has 0 aliphatic carbocycles. The summed E-state index contributed by atoms with van der Waals surface area (Å²) in [5.41, 5.74) is 1.99. The molecule has 0 aromatic carbocycles. The Labute approximate surface area is 83.3 Å². The highest BCUT2D eigenvalue weighted by atomic mass is 16.1. The number of H-pyrrole nitrogens is 1. The number of hydrogen-bond acceptors (Lipinski definition) is 3. The van der Waals surface area contributed by atoms with Crippen molar-refractivity contribution in [1.82, 2.24) is 20.6 Å². The van der Waals surface area contributed by atoms with Gasteiger partial charge in [0, 0.05) is 18.8 Å². The Morgan fingerprint density at radius 3 is 3.00 bits per heavy atom. The molecule has 0 bridgehead atoms.